The zero-order valence-electron chi connectivity index (χ0n) is 11.4. The van der Waals surface area contributed by atoms with Crippen molar-refractivity contribution in [1.29, 1.82) is 0 Å². The Kier molecular flexibility index (Phi) is 4.80. The normalized spacial score (nSPS) is 18.5. The molecule has 0 amide bonds. The minimum absolute atomic E-state index is 0.0781. The number of anilines is 1. The molecule has 1 fully saturated rings. The molecule has 0 saturated carbocycles. The van der Waals surface area contributed by atoms with Crippen molar-refractivity contribution < 1.29 is 14.3 Å². The molecule has 4 nitrogen and oxygen atoms in total. The molecule has 0 aliphatic carbocycles. The van der Waals surface area contributed by atoms with Gasteiger partial charge in [-0.1, -0.05) is 6.07 Å². The largest absolute Gasteiger partial charge is 0.495 e. The van der Waals surface area contributed by atoms with Crippen LogP contribution < -0.4 is 10.5 Å². The van der Waals surface area contributed by atoms with E-state index in [1.54, 1.807) is 25.3 Å². The molecule has 1 aromatic rings. The number of hydrogen-bond acceptors (Lipinski definition) is 4. The van der Waals surface area contributed by atoms with Crippen molar-refractivity contribution in [3.05, 3.63) is 23.8 Å². The van der Waals surface area contributed by atoms with Gasteiger partial charge >= 0.3 is 0 Å². The minimum Gasteiger partial charge on any atom is -0.495 e. The maximum atomic E-state index is 12.1. The van der Waals surface area contributed by atoms with Crippen molar-refractivity contribution in [3.63, 3.8) is 0 Å². The number of ether oxygens (including phenoxy) is 2. The lowest BCUT2D eigenvalue weighted by atomic mass is 10.0. The van der Waals surface area contributed by atoms with Crippen molar-refractivity contribution in [1.82, 2.24) is 0 Å². The number of carbonyl (C=O) groups excluding carboxylic acids is 1. The zero-order valence-corrected chi connectivity index (χ0v) is 11.4. The predicted octanol–water partition coefficient (Wildman–Crippen LogP) is 2.81. The maximum Gasteiger partial charge on any atom is 0.165 e. The third-order valence-corrected chi connectivity index (χ3v) is 3.54. The fraction of sp³-hybridized carbons (Fsp3) is 0.533. The molecule has 0 aromatic heterocycles. The molecular weight excluding hydrogens is 242 g/mol. The van der Waals surface area contributed by atoms with Crippen LogP contribution in [-0.4, -0.2) is 25.6 Å². The average molecular weight is 263 g/mol. The van der Waals surface area contributed by atoms with Gasteiger partial charge < -0.3 is 15.2 Å². The van der Waals surface area contributed by atoms with Gasteiger partial charge in [0.25, 0.3) is 0 Å². The number of Topliss-reactive ketones (excluding diaryl/α,β-unsaturated/α-hetero) is 1. The number of benzene rings is 1. The Bertz CT molecular complexity index is 439. The molecule has 19 heavy (non-hydrogen) atoms. The Labute approximate surface area is 113 Å². The second-order valence-electron chi connectivity index (χ2n) is 4.87. The molecule has 1 unspecified atom stereocenters. The van der Waals surface area contributed by atoms with E-state index in [2.05, 4.69) is 0 Å². The van der Waals surface area contributed by atoms with Gasteiger partial charge in [-0.25, -0.2) is 0 Å². The van der Waals surface area contributed by atoms with Gasteiger partial charge in [-0.2, -0.15) is 0 Å². The van der Waals surface area contributed by atoms with Gasteiger partial charge in [0.2, 0.25) is 0 Å². The standard InChI is InChI=1S/C15H21NO3/c1-18-14-9-3-7-12(15(14)16)13(17)8-2-5-11-6-4-10-19-11/h3,7,9,11H,2,4-6,8,10,16H2,1H3. The summed E-state index contributed by atoms with van der Waals surface area (Å²) in [5, 5.41) is 0. The van der Waals surface area contributed by atoms with Gasteiger partial charge in [0.1, 0.15) is 5.75 Å². The third kappa shape index (κ3) is 3.47. The van der Waals surface area contributed by atoms with Crippen molar-refractivity contribution in [2.24, 2.45) is 0 Å². The molecular formula is C15H21NO3. The second kappa shape index (κ2) is 6.57. The number of carbonyl (C=O) groups is 1. The van der Waals surface area contributed by atoms with E-state index in [4.69, 9.17) is 15.2 Å². The van der Waals surface area contributed by atoms with Crippen LogP contribution in [0.2, 0.25) is 0 Å². The van der Waals surface area contributed by atoms with Crippen molar-refractivity contribution in [2.75, 3.05) is 19.5 Å². The lowest BCUT2D eigenvalue weighted by molar-refractivity contribution is 0.0923. The van der Waals surface area contributed by atoms with Gasteiger partial charge in [-0.05, 0) is 37.8 Å². The Balaban J connectivity index is 1.88. The van der Waals surface area contributed by atoms with Gasteiger partial charge in [0.15, 0.2) is 5.78 Å². The summed E-state index contributed by atoms with van der Waals surface area (Å²) < 4.78 is 10.7. The van der Waals surface area contributed by atoms with E-state index in [0.29, 0.717) is 29.5 Å². The Hall–Kier alpha value is -1.55. The molecule has 1 atom stereocenters. The van der Waals surface area contributed by atoms with Gasteiger partial charge in [-0.3, -0.25) is 4.79 Å². The minimum atomic E-state index is 0.0781. The van der Waals surface area contributed by atoms with E-state index in [0.717, 1.165) is 32.3 Å². The number of ketones is 1. The summed E-state index contributed by atoms with van der Waals surface area (Å²) in [7, 11) is 1.55. The van der Waals surface area contributed by atoms with Crippen LogP contribution in [0.5, 0.6) is 5.75 Å². The molecule has 2 N–H and O–H groups in total. The Morgan fingerprint density at radius 1 is 1.53 bits per heavy atom. The lowest BCUT2D eigenvalue weighted by Gasteiger charge is -2.10. The first-order chi connectivity index (χ1) is 9.22. The van der Waals surface area contributed by atoms with E-state index >= 15 is 0 Å². The van der Waals surface area contributed by atoms with Crippen molar-refractivity contribution in [2.45, 2.75) is 38.2 Å². The fourth-order valence-electron chi connectivity index (χ4n) is 2.46. The second-order valence-corrected chi connectivity index (χ2v) is 4.87. The number of hydrogen-bond donors (Lipinski definition) is 1. The van der Waals surface area contributed by atoms with Crippen LogP contribution in [0, 0.1) is 0 Å². The van der Waals surface area contributed by atoms with Crippen LogP contribution >= 0.6 is 0 Å². The number of nitrogens with two attached hydrogens (primary N) is 1. The van der Waals surface area contributed by atoms with Crippen LogP contribution in [0.4, 0.5) is 5.69 Å². The van der Waals surface area contributed by atoms with E-state index in [1.807, 2.05) is 0 Å². The molecule has 1 saturated heterocycles. The van der Waals surface area contributed by atoms with Gasteiger partial charge in [-0.15, -0.1) is 0 Å². The highest BCUT2D eigenvalue weighted by molar-refractivity contribution is 6.01. The van der Waals surface area contributed by atoms with Gasteiger partial charge in [0.05, 0.1) is 18.9 Å². The molecule has 1 aliphatic heterocycles. The summed E-state index contributed by atoms with van der Waals surface area (Å²) in [5.41, 5.74) is 6.92. The smallest absolute Gasteiger partial charge is 0.165 e. The fourth-order valence-corrected chi connectivity index (χ4v) is 2.46. The molecule has 1 aliphatic rings. The lowest BCUT2D eigenvalue weighted by Crippen LogP contribution is -2.08. The quantitative estimate of drug-likeness (QED) is 0.633. The number of nitrogen functional groups attached to an aromatic ring is 1. The molecule has 1 aromatic carbocycles. The van der Waals surface area contributed by atoms with Crippen LogP contribution in [0.1, 0.15) is 42.5 Å². The summed E-state index contributed by atoms with van der Waals surface area (Å²) in [6, 6.07) is 5.31. The monoisotopic (exact) mass is 263 g/mol. The molecule has 0 spiro atoms. The zero-order chi connectivity index (χ0) is 13.7. The van der Waals surface area contributed by atoms with E-state index in [-0.39, 0.29) is 5.78 Å². The maximum absolute atomic E-state index is 12.1. The molecule has 104 valence electrons. The average Bonchev–Trinajstić information content (AvgIpc) is 2.92. The summed E-state index contributed by atoms with van der Waals surface area (Å²) in [6.45, 7) is 0.863. The summed E-state index contributed by atoms with van der Waals surface area (Å²) in [6.07, 6.45) is 4.92. The third-order valence-electron chi connectivity index (χ3n) is 3.54. The topological polar surface area (TPSA) is 61.5 Å². The molecule has 4 heteroatoms. The van der Waals surface area contributed by atoms with E-state index in [9.17, 15) is 4.79 Å². The summed E-state index contributed by atoms with van der Waals surface area (Å²) >= 11 is 0. The Morgan fingerprint density at radius 2 is 2.37 bits per heavy atom. The van der Waals surface area contributed by atoms with Crippen LogP contribution in [0.15, 0.2) is 18.2 Å². The van der Waals surface area contributed by atoms with Crippen molar-refractivity contribution >= 4 is 11.5 Å². The highest BCUT2D eigenvalue weighted by atomic mass is 16.5. The first kappa shape index (κ1) is 13.9. The first-order valence-corrected chi connectivity index (χ1v) is 6.79. The number of methoxy groups -OCH3 is 1. The molecule has 2 rings (SSSR count). The highest BCUT2D eigenvalue weighted by Crippen LogP contribution is 2.26. The highest BCUT2D eigenvalue weighted by Gasteiger charge is 2.17. The van der Waals surface area contributed by atoms with Crippen LogP contribution in [-0.2, 0) is 4.74 Å². The van der Waals surface area contributed by atoms with E-state index < -0.39 is 0 Å². The molecule has 0 radical (unpaired) electrons. The number of para-hydroxylation sites is 1. The van der Waals surface area contributed by atoms with Gasteiger partial charge in [0, 0.05) is 18.6 Å². The summed E-state index contributed by atoms with van der Waals surface area (Å²) in [5.74, 6) is 0.638. The molecule has 1 heterocycles. The first-order valence-electron chi connectivity index (χ1n) is 6.79. The Morgan fingerprint density at radius 3 is 3.05 bits per heavy atom. The predicted molar refractivity (Wildman–Crippen MR) is 74.6 cm³/mol. The van der Waals surface area contributed by atoms with Crippen LogP contribution in [0.3, 0.4) is 0 Å². The summed E-state index contributed by atoms with van der Waals surface area (Å²) in [4.78, 5) is 12.1. The number of rotatable bonds is 6. The molecule has 0 bridgehead atoms. The SMILES string of the molecule is COc1cccc(C(=O)CCCC2CCCO2)c1N. The van der Waals surface area contributed by atoms with E-state index in [1.165, 1.54) is 0 Å². The van der Waals surface area contributed by atoms with Crippen LogP contribution in [0.25, 0.3) is 0 Å². The van der Waals surface area contributed by atoms with Crippen molar-refractivity contribution in [3.8, 4) is 5.75 Å².